The van der Waals surface area contributed by atoms with E-state index in [9.17, 15) is 22.8 Å². The fourth-order valence-electron chi connectivity index (χ4n) is 3.76. The van der Waals surface area contributed by atoms with Crippen molar-refractivity contribution < 1.29 is 27.5 Å². The van der Waals surface area contributed by atoms with Crippen molar-refractivity contribution in [3.8, 4) is 11.4 Å². The molecule has 1 aliphatic heterocycles. The Balaban J connectivity index is 1.49. The number of piperazine rings is 1. The molecule has 0 saturated carbocycles. The molecule has 1 fully saturated rings. The van der Waals surface area contributed by atoms with Crippen molar-refractivity contribution in [1.82, 2.24) is 19.4 Å². The number of hydrogen-bond acceptors (Lipinski definition) is 5. The van der Waals surface area contributed by atoms with Gasteiger partial charge in [-0.2, -0.15) is 8.78 Å². The van der Waals surface area contributed by atoms with Crippen LogP contribution in [0.1, 0.15) is 20.8 Å². The zero-order chi connectivity index (χ0) is 24.2. The highest BCUT2D eigenvalue weighted by Crippen LogP contribution is 2.25. The molecule has 1 aromatic heterocycles. The molecule has 34 heavy (non-hydrogen) atoms. The van der Waals surface area contributed by atoms with E-state index in [0.29, 0.717) is 16.5 Å². The summed E-state index contributed by atoms with van der Waals surface area (Å²) in [6, 6.07) is 11.6. The Hall–Kier alpha value is -3.47. The van der Waals surface area contributed by atoms with Crippen molar-refractivity contribution in [1.29, 1.82) is 0 Å². The van der Waals surface area contributed by atoms with Crippen LogP contribution in [0.25, 0.3) is 5.69 Å². The molecule has 7 nitrogen and oxygen atoms in total. The van der Waals surface area contributed by atoms with Crippen LogP contribution in [0.5, 0.6) is 5.75 Å². The van der Waals surface area contributed by atoms with Gasteiger partial charge in [0.2, 0.25) is 0 Å². The van der Waals surface area contributed by atoms with Gasteiger partial charge in [0.15, 0.2) is 5.16 Å². The summed E-state index contributed by atoms with van der Waals surface area (Å²) in [7, 11) is 0. The van der Waals surface area contributed by atoms with E-state index in [1.54, 1.807) is 27.7 Å². The fourth-order valence-corrected chi connectivity index (χ4v) is 4.30. The van der Waals surface area contributed by atoms with Gasteiger partial charge in [0.1, 0.15) is 17.3 Å². The second kappa shape index (κ2) is 10.2. The SMILES string of the molecule is CSc1ncc(C(=O)N2CCN(C(=O)c3ccccc3OC(F)F)CC2)n1-c1ccc(F)cc1. The molecule has 0 spiro atoms. The van der Waals surface area contributed by atoms with E-state index in [1.807, 2.05) is 6.26 Å². The molecule has 2 aromatic carbocycles. The van der Waals surface area contributed by atoms with Gasteiger partial charge in [-0.15, -0.1) is 0 Å². The van der Waals surface area contributed by atoms with Crippen LogP contribution < -0.4 is 4.74 Å². The molecule has 1 saturated heterocycles. The number of carbonyl (C=O) groups excluding carboxylic acids is 2. The largest absolute Gasteiger partial charge is 0.434 e. The molecule has 11 heteroatoms. The lowest BCUT2D eigenvalue weighted by Crippen LogP contribution is -2.51. The number of thioether (sulfide) groups is 1. The van der Waals surface area contributed by atoms with Crippen LogP contribution in [-0.4, -0.2) is 70.2 Å². The van der Waals surface area contributed by atoms with E-state index in [-0.39, 0.29) is 49.2 Å². The van der Waals surface area contributed by atoms with Gasteiger partial charge in [0, 0.05) is 31.9 Å². The average molecular weight is 491 g/mol. The number of imidazole rings is 1. The van der Waals surface area contributed by atoms with Crippen LogP contribution in [0.4, 0.5) is 13.2 Å². The molecule has 1 aliphatic rings. The van der Waals surface area contributed by atoms with E-state index in [4.69, 9.17) is 0 Å². The molecule has 0 radical (unpaired) electrons. The Kier molecular flexibility index (Phi) is 7.11. The quantitative estimate of drug-likeness (QED) is 0.490. The van der Waals surface area contributed by atoms with Crippen molar-refractivity contribution >= 4 is 23.6 Å². The summed E-state index contributed by atoms with van der Waals surface area (Å²) < 4.78 is 44.9. The third-order valence-electron chi connectivity index (χ3n) is 5.40. The first-order valence-electron chi connectivity index (χ1n) is 10.4. The predicted octanol–water partition coefficient (Wildman–Crippen LogP) is 3.93. The fraction of sp³-hybridized carbons (Fsp3) is 0.261. The lowest BCUT2D eigenvalue weighted by atomic mass is 10.1. The van der Waals surface area contributed by atoms with Gasteiger partial charge in [-0.25, -0.2) is 9.37 Å². The van der Waals surface area contributed by atoms with Gasteiger partial charge in [-0.3, -0.25) is 14.2 Å². The molecule has 0 bridgehead atoms. The van der Waals surface area contributed by atoms with Crippen LogP contribution in [0.2, 0.25) is 0 Å². The Morgan fingerprint density at radius 2 is 1.59 bits per heavy atom. The number of benzene rings is 2. The van der Waals surface area contributed by atoms with Gasteiger partial charge < -0.3 is 14.5 Å². The Morgan fingerprint density at radius 3 is 2.21 bits per heavy atom. The van der Waals surface area contributed by atoms with Crippen LogP contribution in [0.15, 0.2) is 59.9 Å². The van der Waals surface area contributed by atoms with Crippen molar-refractivity contribution in [3.63, 3.8) is 0 Å². The number of alkyl halides is 2. The molecule has 0 N–H and O–H groups in total. The lowest BCUT2D eigenvalue weighted by Gasteiger charge is -2.35. The molecule has 0 atom stereocenters. The van der Waals surface area contributed by atoms with E-state index in [2.05, 4.69) is 9.72 Å². The summed E-state index contributed by atoms with van der Waals surface area (Å²) in [5.41, 5.74) is 0.976. The topological polar surface area (TPSA) is 67.7 Å². The molecule has 2 heterocycles. The highest BCUT2D eigenvalue weighted by atomic mass is 32.2. The first-order chi connectivity index (χ1) is 16.4. The van der Waals surface area contributed by atoms with E-state index in [0.717, 1.165) is 0 Å². The zero-order valence-electron chi connectivity index (χ0n) is 18.2. The lowest BCUT2D eigenvalue weighted by molar-refractivity contribution is -0.0503. The Morgan fingerprint density at radius 1 is 0.971 bits per heavy atom. The molecule has 4 rings (SSSR count). The molecule has 178 valence electrons. The van der Waals surface area contributed by atoms with Crippen molar-refractivity contribution in [2.24, 2.45) is 0 Å². The standard InChI is InChI=1S/C23H21F3N4O3S/c1-34-23-27-14-18(30(23)16-8-6-15(24)7-9-16)21(32)29-12-10-28(11-13-29)20(31)17-4-2-3-5-19(17)33-22(25)26/h2-9,14,22H,10-13H2,1H3. The van der Waals surface area contributed by atoms with E-state index in [1.165, 1.54) is 53.2 Å². The smallest absolute Gasteiger partial charge is 0.387 e. The summed E-state index contributed by atoms with van der Waals surface area (Å²) in [4.78, 5) is 33.6. The maximum atomic E-state index is 13.4. The number of nitrogens with zero attached hydrogens (tertiary/aromatic N) is 4. The van der Waals surface area contributed by atoms with E-state index < -0.39 is 12.5 Å². The van der Waals surface area contributed by atoms with Gasteiger partial charge in [0.05, 0.1) is 11.8 Å². The maximum absolute atomic E-state index is 13.4. The zero-order valence-corrected chi connectivity index (χ0v) is 19.0. The average Bonchev–Trinajstić information content (AvgIpc) is 3.28. The highest BCUT2D eigenvalue weighted by molar-refractivity contribution is 7.98. The number of carbonyl (C=O) groups is 2. The minimum atomic E-state index is -3.04. The number of amides is 2. The number of ether oxygens (including phenoxy) is 1. The minimum Gasteiger partial charge on any atom is -0.434 e. The van der Waals surface area contributed by atoms with Gasteiger partial charge >= 0.3 is 6.61 Å². The van der Waals surface area contributed by atoms with Gasteiger partial charge in [-0.1, -0.05) is 23.9 Å². The minimum absolute atomic E-state index is 0.0431. The number of hydrogen-bond donors (Lipinski definition) is 0. The summed E-state index contributed by atoms with van der Waals surface area (Å²) in [6.07, 6.45) is 3.31. The maximum Gasteiger partial charge on any atom is 0.387 e. The van der Waals surface area contributed by atoms with Crippen LogP contribution in [0, 0.1) is 5.82 Å². The molecular weight excluding hydrogens is 469 g/mol. The molecule has 0 unspecified atom stereocenters. The molecular formula is C23H21F3N4O3S. The second-order valence-electron chi connectivity index (χ2n) is 7.40. The summed E-state index contributed by atoms with van der Waals surface area (Å²) in [5, 5.41) is 0.583. The predicted molar refractivity (Wildman–Crippen MR) is 120 cm³/mol. The first kappa shape index (κ1) is 23.7. The summed E-state index contributed by atoms with van der Waals surface area (Å²) in [6.45, 7) is -2.07. The normalized spacial score (nSPS) is 13.9. The highest BCUT2D eigenvalue weighted by Gasteiger charge is 2.29. The number of halogens is 3. The van der Waals surface area contributed by atoms with Crippen molar-refractivity contribution in [2.75, 3.05) is 32.4 Å². The monoisotopic (exact) mass is 490 g/mol. The number of para-hydroxylation sites is 1. The molecule has 2 amide bonds. The van der Waals surface area contributed by atoms with Crippen LogP contribution in [-0.2, 0) is 0 Å². The number of aromatic nitrogens is 2. The van der Waals surface area contributed by atoms with Crippen molar-refractivity contribution in [3.05, 3.63) is 71.8 Å². The third kappa shape index (κ3) is 4.89. The van der Waals surface area contributed by atoms with Crippen molar-refractivity contribution in [2.45, 2.75) is 11.8 Å². The van der Waals surface area contributed by atoms with Gasteiger partial charge in [-0.05, 0) is 42.7 Å². The Labute approximate surface area is 198 Å². The van der Waals surface area contributed by atoms with Crippen LogP contribution >= 0.6 is 11.8 Å². The summed E-state index contributed by atoms with van der Waals surface area (Å²) >= 11 is 1.36. The Bertz CT molecular complexity index is 1180. The third-order valence-corrected chi connectivity index (χ3v) is 6.06. The number of rotatable bonds is 6. The van der Waals surface area contributed by atoms with Crippen LogP contribution in [0.3, 0.4) is 0 Å². The first-order valence-corrected chi connectivity index (χ1v) is 11.6. The molecule has 3 aromatic rings. The second-order valence-corrected chi connectivity index (χ2v) is 8.17. The summed E-state index contributed by atoms with van der Waals surface area (Å²) in [5.74, 6) is -1.28. The van der Waals surface area contributed by atoms with E-state index >= 15 is 0 Å². The molecule has 0 aliphatic carbocycles. The van der Waals surface area contributed by atoms with Gasteiger partial charge in [0.25, 0.3) is 11.8 Å².